The van der Waals surface area contributed by atoms with Gasteiger partial charge >= 0.3 is 0 Å². The van der Waals surface area contributed by atoms with E-state index in [-0.39, 0.29) is 0 Å². The first kappa shape index (κ1) is 25.4. The quantitative estimate of drug-likeness (QED) is 0.188. The number of aromatic nitrogens is 3. The van der Waals surface area contributed by atoms with Crippen molar-refractivity contribution in [2.45, 2.75) is 0 Å². The Morgan fingerprint density at radius 2 is 1.11 bits per heavy atom. The highest BCUT2D eigenvalue weighted by atomic mass is 32.1. The van der Waals surface area contributed by atoms with Crippen LogP contribution in [0.5, 0.6) is 0 Å². The maximum Gasteiger partial charge on any atom is 0.162 e. The molecule has 4 nitrogen and oxygen atoms in total. The van der Waals surface area contributed by atoms with Crippen LogP contribution in [0.3, 0.4) is 0 Å². The summed E-state index contributed by atoms with van der Waals surface area (Å²) in [4.78, 5) is 16.7. The van der Waals surface area contributed by atoms with Gasteiger partial charge in [-0.1, -0.05) is 121 Å². The van der Waals surface area contributed by atoms with Gasteiger partial charge in [-0.2, -0.15) is 0 Å². The Morgan fingerprint density at radius 1 is 0.457 bits per heavy atom. The van der Waals surface area contributed by atoms with Crippen LogP contribution in [-0.2, 0) is 0 Å². The Labute approximate surface area is 267 Å². The molecule has 46 heavy (non-hydrogen) atoms. The van der Waals surface area contributed by atoms with E-state index in [1.54, 1.807) is 11.3 Å². The van der Waals surface area contributed by atoms with Crippen molar-refractivity contribution in [1.29, 1.82) is 0 Å². The molecule has 0 atom stereocenters. The van der Waals surface area contributed by atoms with Crippen LogP contribution in [0.4, 0.5) is 0 Å². The Kier molecular flexibility index (Phi) is 5.41. The van der Waals surface area contributed by atoms with Crippen LogP contribution in [0, 0.1) is 0 Å². The van der Waals surface area contributed by atoms with Gasteiger partial charge in [0.25, 0.3) is 0 Å². The van der Waals surface area contributed by atoms with Crippen LogP contribution >= 0.6 is 11.3 Å². The molecule has 214 valence electrons. The summed E-state index contributed by atoms with van der Waals surface area (Å²) in [5.41, 5.74) is 9.04. The molecule has 10 aromatic rings. The summed E-state index contributed by atoms with van der Waals surface area (Å²) in [6.07, 6.45) is 0. The number of furan rings is 1. The molecule has 0 amide bonds. The van der Waals surface area contributed by atoms with E-state index in [9.17, 15) is 0 Å². The minimum atomic E-state index is 0.812. The van der Waals surface area contributed by atoms with Crippen LogP contribution < -0.4 is 0 Å². The van der Waals surface area contributed by atoms with Crippen molar-refractivity contribution in [2.24, 2.45) is 0 Å². The van der Waals surface area contributed by atoms with Gasteiger partial charge in [-0.05, 0) is 23.6 Å². The van der Waals surface area contributed by atoms with Crippen molar-refractivity contribution < 1.29 is 4.42 Å². The first-order chi connectivity index (χ1) is 22.8. The SMILES string of the molecule is c1ccc(-c2nc3c(ccc4ccccc43)nc2-c2ccc(-c3nc4sc5ccccc5c4c4c3oc3ccccc34)cc2)cc1. The highest BCUT2D eigenvalue weighted by Crippen LogP contribution is 2.45. The third-order valence-corrected chi connectivity index (χ3v) is 9.95. The van der Waals surface area contributed by atoms with Gasteiger partial charge in [0, 0.05) is 48.3 Å². The molecule has 10 rings (SSSR count). The lowest BCUT2D eigenvalue weighted by Gasteiger charge is -2.12. The van der Waals surface area contributed by atoms with Crippen molar-refractivity contribution in [3.8, 4) is 33.8 Å². The second-order valence-corrected chi connectivity index (χ2v) is 12.6. The molecule has 0 aliphatic carbocycles. The highest BCUT2D eigenvalue weighted by molar-refractivity contribution is 7.25. The van der Waals surface area contributed by atoms with Gasteiger partial charge in [0.2, 0.25) is 0 Å². The molecule has 4 heterocycles. The number of pyridine rings is 1. The Hall–Kier alpha value is -5.91. The molecule has 0 radical (unpaired) electrons. The van der Waals surface area contributed by atoms with Crippen LogP contribution in [0.25, 0.3) is 97.8 Å². The number of hydrogen-bond acceptors (Lipinski definition) is 5. The number of nitrogens with zero attached hydrogens (tertiary/aromatic N) is 3. The molecule has 0 saturated carbocycles. The molecule has 0 aliphatic heterocycles. The summed E-state index contributed by atoms with van der Waals surface area (Å²) in [5, 5.41) is 6.86. The summed E-state index contributed by atoms with van der Waals surface area (Å²) in [7, 11) is 0. The van der Waals surface area contributed by atoms with E-state index in [1.807, 2.05) is 30.3 Å². The largest absolute Gasteiger partial charge is 0.454 e. The van der Waals surface area contributed by atoms with Gasteiger partial charge in [0.05, 0.1) is 22.4 Å². The number of benzene rings is 6. The van der Waals surface area contributed by atoms with Crippen molar-refractivity contribution >= 4 is 75.4 Å². The Morgan fingerprint density at radius 3 is 1.96 bits per heavy atom. The zero-order chi connectivity index (χ0) is 30.2. The van der Waals surface area contributed by atoms with E-state index in [4.69, 9.17) is 19.4 Å². The van der Waals surface area contributed by atoms with Gasteiger partial charge in [-0.25, -0.2) is 15.0 Å². The first-order valence-electron chi connectivity index (χ1n) is 15.3. The van der Waals surface area contributed by atoms with Gasteiger partial charge in [0.15, 0.2) is 5.58 Å². The monoisotopic (exact) mass is 605 g/mol. The molecular formula is C41H23N3OS. The zero-order valence-electron chi connectivity index (χ0n) is 24.4. The molecule has 0 N–H and O–H groups in total. The smallest absolute Gasteiger partial charge is 0.162 e. The number of hydrogen-bond donors (Lipinski definition) is 0. The normalized spacial score (nSPS) is 11.9. The number of para-hydroxylation sites is 1. The first-order valence-corrected chi connectivity index (χ1v) is 16.1. The lowest BCUT2D eigenvalue weighted by Crippen LogP contribution is -1.96. The third-order valence-electron chi connectivity index (χ3n) is 8.89. The molecule has 0 aliphatic rings. The summed E-state index contributed by atoms with van der Waals surface area (Å²) in [6.45, 7) is 0. The van der Waals surface area contributed by atoms with Crippen LogP contribution in [0.1, 0.15) is 0 Å². The summed E-state index contributed by atoms with van der Waals surface area (Å²) in [5.74, 6) is 0. The van der Waals surface area contributed by atoms with Crippen molar-refractivity contribution in [3.63, 3.8) is 0 Å². The van der Waals surface area contributed by atoms with E-state index in [0.717, 1.165) is 87.7 Å². The molecule has 0 fully saturated rings. The Bertz CT molecular complexity index is 2800. The molecule has 6 aromatic carbocycles. The predicted octanol–water partition coefficient (Wildman–Crippen LogP) is 11.4. The van der Waals surface area contributed by atoms with Gasteiger partial charge in [-0.15, -0.1) is 11.3 Å². The molecular weight excluding hydrogens is 583 g/mol. The summed E-state index contributed by atoms with van der Waals surface area (Å²) >= 11 is 1.73. The number of rotatable bonds is 3. The maximum absolute atomic E-state index is 6.56. The molecule has 0 bridgehead atoms. The van der Waals surface area contributed by atoms with Crippen LogP contribution in [0.2, 0.25) is 0 Å². The molecule has 4 aromatic heterocycles. The lowest BCUT2D eigenvalue weighted by molar-refractivity contribution is 0.669. The molecule has 0 saturated heterocycles. The maximum atomic E-state index is 6.56. The molecule has 5 heteroatoms. The minimum absolute atomic E-state index is 0.812. The summed E-state index contributed by atoms with van der Waals surface area (Å²) in [6, 6.07) is 48.2. The van der Waals surface area contributed by atoms with Gasteiger partial charge in [-0.3, -0.25) is 0 Å². The van der Waals surface area contributed by atoms with Crippen molar-refractivity contribution in [2.75, 3.05) is 0 Å². The molecule has 0 spiro atoms. The Balaban J connectivity index is 1.19. The fourth-order valence-corrected chi connectivity index (χ4v) is 7.82. The van der Waals surface area contributed by atoms with Gasteiger partial charge in [0.1, 0.15) is 16.1 Å². The minimum Gasteiger partial charge on any atom is -0.454 e. The van der Waals surface area contributed by atoms with Crippen molar-refractivity contribution in [3.05, 3.63) is 140 Å². The van der Waals surface area contributed by atoms with E-state index in [1.165, 1.54) is 10.1 Å². The topological polar surface area (TPSA) is 51.8 Å². The second kappa shape index (κ2) is 9.80. The van der Waals surface area contributed by atoms with Crippen LogP contribution in [-0.4, -0.2) is 15.0 Å². The number of thiophene rings is 1. The fourth-order valence-electron chi connectivity index (χ4n) is 6.74. The number of fused-ring (bicyclic) bond motifs is 10. The van der Waals surface area contributed by atoms with Crippen molar-refractivity contribution in [1.82, 2.24) is 15.0 Å². The average Bonchev–Trinajstić information content (AvgIpc) is 3.69. The van der Waals surface area contributed by atoms with E-state index >= 15 is 0 Å². The zero-order valence-corrected chi connectivity index (χ0v) is 25.3. The van der Waals surface area contributed by atoms with E-state index < -0.39 is 0 Å². The third kappa shape index (κ3) is 3.76. The van der Waals surface area contributed by atoms with Gasteiger partial charge < -0.3 is 4.42 Å². The van der Waals surface area contributed by atoms with E-state index in [2.05, 4.69) is 109 Å². The lowest BCUT2D eigenvalue weighted by atomic mass is 9.99. The predicted molar refractivity (Wildman–Crippen MR) is 191 cm³/mol. The van der Waals surface area contributed by atoms with E-state index in [0.29, 0.717) is 0 Å². The summed E-state index contributed by atoms with van der Waals surface area (Å²) < 4.78 is 7.78. The molecule has 0 unspecified atom stereocenters. The second-order valence-electron chi connectivity index (χ2n) is 11.6. The standard InChI is InChI=1S/C41H23N3OS/c1-2-11-25(12-3-1)37-36(42-31-23-22-24-10-4-5-13-28(24)39(31)43-37)26-18-20-27(21-19-26)38-40-34(29-14-6-8-16-32(29)45-40)35-30-15-7-9-17-33(30)46-41(35)44-38/h1-23H. The highest BCUT2D eigenvalue weighted by Gasteiger charge is 2.21. The fraction of sp³-hybridized carbons (Fsp3) is 0. The average molecular weight is 606 g/mol. The van der Waals surface area contributed by atoms with Crippen LogP contribution in [0.15, 0.2) is 144 Å².